The molecule has 5 heteroatoms. The van der Waals surface area contributed by atoms with E-state index < -0.39 is 0 Å². The number of rotatable bonds is 8. The Labute approximate surface area is 190 Å². The van der Waals surface area contributed by atoms with Crippen molar-refractivity contribution >= 4 is 24.6 Å². The summed E-state index contributed by atoms with van der Waals surface area (Å²) in [5.74, 6) is 0. The van der Waals surface area contributed by atoms with Gasteiger partial charge in [0.2, 0.25) is 6.41 Å². The summed E-state index contributed by atoms with van der Waals surface area (Å²) in [4.78, 5) is 19.9. The first-order valence-corrected chi connectivity index (χ1v) is 11.0. The van der Waals surface area contributed by atoms with E-state index in [1.165, 1.54) is 21.6 Å². The van der Waals surface area contributed by atoms with Crippen LogP contribution in [0.2, 0.25) is 0 Å². The van der Waals surface area contributed by atoms with Crippen LogP contribution in [0.25, 0.3) is 0 Å². The SMILES string of the molecule is Cc1ccc(SN[C@H](C)Cc2ccccc2)cc1.Cc1ccccc1.O=CCNC=O. The van der Waals surface area contributed by atoms with E-state index in [0.29, 0.717) is 18.7 Å². The summed E-state index contributed by atoms with van der Waals surface area (Å²) >= 11 is 1.71. The zero-order valence-electron chi connectivity index (χ0n) is 18.5. The molecule has 0 radical (unpaired) electrons. The standard InChI is InChI=1S/C16H19NS.C7H8.C3H5NO2/c1-13-8-10-16(11-9-13)18-17-14(2)12-15-6-4-3-5-7-15;1-7-5-3-2-4-6-7;5-2-1-4-3-6/h3-11,14,17H,12H2,1-2H3;2-6H,1H3;2-3H,1H2,(H,4,6)/t14-;;/m1../s1. The van der Waals surface area contributed by atoms with E-state index in [9.17, 15) is 9.59 Å². The van der Waals surface area contributed by atoms with Crippen LogP contribution in [0.4, 0.5) is 0 Å². The largest absolute Gasteiger partial charge is 0.352 e. The van der Waals surface area contributed by atoms with Gasteiger partial charge in [0, 0.05) is 10.9 Å². The second kappa shape index (κ2) is 16.9. The first-order valence-electron chi connectivity index (χ1n) is 10.2. The molecule has 164 valence electrons. The number of hydrogen-bond donors (Lipinski definition) is 2. The summed E-state index contributed by atoms with van der Waals surface area (Å²) in [5.41, 5.74) is 4.00. The summed E-state index contributed by atoms with van der Waals surface area (Å²) in [6.45, 7) is 6.53. The molecular weight excluding hydrogens is 404 g/mol. The van der Waals surface area contributed by atoms with Gasteiger partial charge in [0.15, 0.2) is 0 Å². The Morgan fingerprint density at radius 2 is 1.35 bits per heavy atom. The van der Waals surface area contributed by atoms with Crippen LogP contribution in [0.5, 0.6) is 0 Å². The molecule has 4 nitrogen and oxygen atoms in total. The van der Waals surface area contributed by atoms with Gasteiger partial charge in [-0.15, -0.1) is 0 Å². The van der Waals surface area contributed by atoms with E-state index in [4.69, 9.17) is 0 Å². The molecule has 0 aliphatic carbocycles. The second-order valence-corrected chi connectivity index (χ2v) is 7.88. The van der Waals surface area contributed by atoms with E-state index in [0.717, 1.165) is 6.42 Å². The molecule has 0 aliphatic rings. The molecule has 3 aromatic rings. The molecule has 0 aromatic heterocycles. The summed E-state index contributed by atoms with van der Waals surface area (Å²) in [5, 5.41) is 2.15. The lowest BCUT2D eigenvalue weighted by molar-refractivity contribution is -0.113. The predicted molar refractivity (Wildman–Crippen MR) is 131 cm³/mol. The Morgan fingerprint density at radius 3 is 1.81 bits per heavy atom. The third-order valence-corrected chi connectivity index (χ3v) is 5.04. The second-order valence-electron chi connectivity index (χ2n) is 6.97. The third-order valence-electron chi connectivity index (χ3n) is 4.01. The average molecular weight is 437 g/mol. The van der Waals surface area contributed by atoms with Crippen LogP contribution in [0.15, 0.2) is 89.8 Å². The van der Waals surface area contributed by atoms with Crippen molar-refractivity contribution in [2.45, 2.75) is 38.1 Å². The van der Waals surface area contributed by atoms with Gasteiger partial charge in [0.05, 0.1) is 6.54 Å². The van der Waals surface area contributed by atoms with E-state index in [1.54, 1.807) is 11.9 Å². The van der Waals surface area contributed by atoms with Crippen LogP contribution in [-0.4, -0.2) is 25.3 Å². The maximum Gasteiger partial charge on any atom is 0.207 e. The lowest BCUT2D eigenvalue weighted by Gasteiger charge is -2.13. The van der Waals surface area contributed by atoms with E-state index in [2.05, 4.69) is 97.5 Å². The maximum atomic E-state index is 9.34. The van der Waals surface area contributed by atoms with Gasteiger partial charge in [0.1, 0.15) is 6.29 Å². The molecule has 1 amide bonds. The number of aldehydes is 1. The highest BCUT2D eigenvalue weighted by Gasteiger charge is 2.03. The minimum atomic E-state index is 0.115. The van der Waals surface area contributed by atoms with Gasteiger partial charge in [0.25, 0.3) is 0 Å². The monoisotopic (exact) mass is 436 g/mol. The fourth-order valence-corrected chi connectivity index (χ4v) is 3.11. The van der Waals surface area contributed by atoms with Gasteiger partial charge >= 0.3 is 0 Å². The molecule has 0 aliphatic heterocycles. The average Bonchev–Trinajstić information content (AvgIpc) is 2.79. The van der Waals surface area contributed by atoms with Gasteiger partial charge in [-0.2, -0.15) is 0 Å². The highest BCUT2D eigenvalue weighted by atomic mass is 32.2. The zero-order chi connectivity index (χ0) is 22.7. The van der Waals surface area contributed by atoms with Crippen LogP contribution < -0.4 is 10.0 Å². The van der Waals surface area contributed by atoms with E-state index in [-0.39, 0.29) is 6.54 Å². The van der Waals surface area contributed by atoms with Crippen molar-refractivity contribution in [2.24, 2.45) is 0 Å². The molecule has 0 bridgehead atoms. The van der Waals surface area contributed by atoms with Crippen LogP contribution in [-0.2, 0) is 16.0 Å². The van der Waals surface area contributed by atoms with Crippen LogP contribution in [0.3, 0.4) is 0 Å². The molecule has 0 saturated heterocycles. The Bertz CT molecular complexity index is 832. The molecule has 3 aromatic carbocycles. The predicted octanol–water partition coefficient (Wildman–Crippen LogP) is 5.15. The molecule has 0 heterocycles. The van der Waals surface area contributed by atoms with E-state index >= 15 is 0 Å². The van der Waals surface area contributed by atoms with Crippen molar-refractivity contribution in [3.63, 3.8) is 0 Å². The Hall–Kier alpha value is -2.89. The number of nitrogens with one attached hydrogen (secondary N) is 2. The fraction of sp³-hybridized carbons (Fsp3) is 0.231. The van der Waals surface area contributed by atoms with Crippen LogP contribution in [0, 0.1) is 13.8 Å². The lowest BCUT2D eigenvalue weighted by Crippen LogP contribution is -2.21. The molecule has 0 fully saturated rings. The van der Waals surface area contributed by atoms with Gasteiger partial charge in [-0.05, 0) is 56.8 Å². The molecule has 3 rings (SSSR count). The maximum absolute atomic E-state index is 9.34. The molecule has 0 saturated carbocycles. The Kier molecular flexibility index (Phi) is 14.2. The minimum absolute atomic E-state index is 0.115. The van der Waals surface area contributed by atoms with Crippen molar-refractivity contribution in [1.29, 1.82) is 0 Å². The third kappa shape index (κ3) is 13.9. The summed E-state index contributed by atoms with van der Waals surface area (Å²) in [7, 11) is 0. The van der Waals surface area contributed by atoms with Crippen molar-refractivity contribution in [1.82, 2.24) is 10.0 Å². The quantitative estimate of drug-likeness (QED) is 0.291. The molecule has 0 unspecified atom stereocenters. The summed E-state index contributed by atoms with van der Waals surface area (Å²) < 4.78 is 3.48. The molecule has 2 N–H and O–H groups in total. The summed E-state index contributed by atoms with van der Waals surface area (Å²) in [6, 6.07) is 29.9. The summed E-state index contributed by atoms with van der Waals surface area (Å²) in [6.07, 6.45) is 2.16. The zero-order valence-corrected chi connectivity index (χ0v) is 19.3. The van der Waals surface area contributed by atoms with Crippen molar-refractivity contribution in [3.8, 4) is 0 Å². The molecule has 31 heavy (non-hydrogen) atoms. The number of hydrogen-bond acceptors (Lipinski definition) is 4. The van der Waals surface area contributed by atoms with Gasteiger partial charge in [-0.25, -0.2) is 0 Å². The fourth-order valence-electron chi connectivity index (χ4n) is 2.41. The normalized spacial score (nSPS) is 10.4. The van der Waals surface area contributed by atoms with Crippen LogP contribution >= 0.6 is 11.9 Å². The molecule has 1 atom stereocenters. The number of aryl methyl sites for hydroxylation is 2. The minimum Gasteiger partial charge on any atom is -0.352 e. The molecular formula is C26H32N2O2S. The number of amides is 1. The lowest BCUT2D eigenvalue weighted by atomic mass is 10.1. The first kappa shape index (κ1) is 26.1. The highest BCUT2D eigenvalue weighted by Crippen LogP contribution is 2.16. The number of carbonyl (C=O) groups excluding carboxylic acids is 2. The van der Waals surface area contributed by atoms with Crippen LogP contribution in [0.1, 0.15) is 23.6 Å². The van der Waals surface area contributed by atoms with Crippen molar-refractivity contribution in [3.05, 3.63) is 102 Å². The number of carbonyl (C=O) groups is 2. The number of benzene rings is 3. The highest BCUT2D eigenvalue weighted by molar-refractivity contribution is 7.97. The van der Waals surface area contributed by atoms with Crippen molar-refractivity contribution in [2.75, 3.05) is 6.54 Å². The Balaban J connectivity index is 0.000000303. The van der Waals surface area contributed by atoms with Gasteiger partial charge in [-0.1, -0.05) is 83.9 Å². The van der Waals surface area contributed by atoms with Gasteiger partial charge in [-0.3, -0.25) is 9.52 Å². The topological polar surface area (TPSA) is 58.2 Å². The first-order chi connectivity index (χ1) is 15.0. The van der Waals surface area contributed by atoms with E-state index in [1.807, 2.05) is 18.2 Å². The Morgan fingerprint density at radius 1 is 0.806 bits per heavy atom. The van der Waals surface area contributed by atoms with Gasteiger partial charge < -0.3 is 10.1 Å². The molecule has 0 spiro atoms. The van der Waals surface area contributed by atoms with Crippen molar-refractivity contribution < 1.29 is 9.59 Å². The smallest absolute Gasteiger partial charge is 0.207 e.